The highest BCUT2D eigenvalue weighted by Gasteiger charge is 2.49. The molecule has 1 atom stereocenters. The Balaban J connectivity index is 2.62. The molecular weight excluding hydrogens is 278 g/mol. The molecule has 0 aromatic rings. The highest BCUT2D eigenvalue weighted by Crippen LogP contribution is 2.29. The van der Waals surface area contributed by atoms with E-state index in [4.69, 9.17) is 9.84 Å². The van der Waals surface area contributed by atoms with Crippen LogP contribution in [-0.4, -0.2) is 67.4 Å². The van der Waals surface area contributed by atoms with Gasteiger partial charge < -0.3 is 14.6 Å². The maximum Gasteiger partial charge on any atom is 0.329 e. The van der Waals surface area contributed by atoms with Gasteiger partial charge in [0.05, 0.1) is 12.7 Å². The van der Waals surface area contributed by atoms with Crippen LogP contribution in [0.2, 0.25) is 0 Å². The van der Waals surface area contributed by atoms with Gasteiger partial charge in [-0.2, -0.15) is 4.31 Å². The maximum atomic E-state index is 12.0. The summed E-state index contributed by atoms with van der Waals surface area (Å²) in [7, 11) is -2.68. The lowest BCUT2D eigenvalue weighted by molar-refractivity contribution is -0.157. The summed E-state index contributed by atoms with van der Waals surface area (Å²) in [5.74, 6) is -1.95. The molecule has 8 nitrogen and oxygen atoms in total. The van der Waals surface area contributed by atoms with E-state index >= 15 is 0 Å². The van der Waals surface area contributed by atoms with E-state index < -0.39 is 39.4 Å². The van der Waals surface area contributed by atoms with Crippen molar-refractivity contribution >= 4 is 22.0 Å². The number of ether oxygens (including phenoxy) is 2. The van der Waals surface area contributed by atoms with Crippen LogP contribution >= 0.6 is 0 Å². The lowest BCUT2D eigenvalue weighted by atomic mass is 10.0. The summed E-state index contributed by atoms with van der Waals surface area (Å²) < 4.78 is 34.6. The molecule has 0 amide bonds. The summed E-state index contributed by atoms with van der Waals surface area (Å²) in [6, 6.07) is 0. The Morgan fingerprint density at radius 2 is 1.95 bits per heavy atom. The fourth-order valence-corrected chi connectivity index (χ4v) is 3.41. The van der Waals surface area contributed by atoms with Crippen molar-refractivity contribution in [2.24, 2.45) is 0 Å². The highest BCUT2D eigenvalue weighted by atomic mass is 32.2. The molecule has 1 rings (SSSR count). The van der Waals surface area contributed by atoms with Crippen LogP contribution in [0.1, 0.15) is 13.8 Å². The number of hydrogen-bond donors (Lipinski definition) is 1. The summed E-state index contributed by atoms with van der Waals surface area (Å²) in [6.45, 7) is 2.41. The Bertz CT molecular complexity index is 466. The predicted octanol–water partition coefficient (Wildman–Crippen LogP) is -0.947. The molecule has 1 fully saturated rings. The number of hydrogen-bond acceptors (Lipinski definition) is 6. The maximum absolute atomic E-state index is 12.0. The van der Waals surface area contributed by atoms with Gasteiger partial charge in [0.15, 0.2) is 5.25 Å². The molecular formula is C10H17NO7S. The van der Waals surface area contributed by atoms with Crippen LogP contribution in [0.15, 0.2) is 0 Å². The first-order chi connectivity index (χ1) is 8.62. The first-order valence-electron chi connectivity index (χ1n) is 5.55. The van der Waals surface area contributed by atoms with Crippen molar-refractivity contribution in [3.8, 4) is 0 Å². The van der Waals surface area contributed by atoms with Crippen LogP contribution in [0.3, 0.4) is 0 Å². The van der Waals surface area contributed by atoms with E-state index in [0.29, 0.717) is 0 Å². The monoisotopic (exact) mass is 295 g/mol. The number of esters is 1. The normalized spacial score (nSPS) is 20.4. The molecule has 0 spiro atoms. The standard InChI is InChI=1S/C10H17NO7S/c1-7(9(14)17-3)19(15,16)11-5-10(2,6-11)18-4-8(12)13/h7H,4-6H2,1-3H3,(H,12,13). The van der Waals surface area contributed by atoms with E-state index in [1.165, 1.54) is 6.92 Å². The molecule has 0 aromatic carbocycles. The minimum atomic E-state index is -3.79. The molecule has 0 aromatic heterocycles. The van der Waals surface area contributed by atoms with Gasteiger partial charge in [-0.1, -0.05) is 0 Å². The van der Waals surface area contributed by atoms with E-state index in [-0.39, 0.29) is 13.1 Å². The number of aliphatic carboxylic acids is 1. The molecule has 0 aliphatic carbocycles. The largest absolute Gasteiger partial charge is 0.480 e. The van der Waals surface area contributed by atoms with Crippen LogP contribution < -0.4 is 0 Å². The van der Waals surface area contributed by atoms with Gasteiger partial charge in [0.1, 0.15) is 6.61 Å². The Labute approximate surface area is 111 Å². The first-order valence-corrected chi connectivity index (χ1v) is 7.05. The van der Waals surface area contributed by atoms with Crippen molar-refractivity contribution in [3.05, 3.63) is 0 Å². The molecule has 1 unspecified atom stereocenters. The van der Waals surface area contributed by atoms with Crippen LogP contribution in [0.25, 0.3) is 0 Å². The zero-order valence-electron chi connectivity index (χ0n) is 11.0. The van der Waals surface area contributed by atoms with Crippen molar-refractivity contribution < 1.29 is 32.6 Å². The molecule has 1 saturated heterocycles. The summed E-state index contributed by atoms with van der Waals surface area (Å²) >= 11 is 0. The smallest absolute Gasteiger partial charge is 0.329 e. The highest BCUT2D eigenvalue weighted by molar-refractivity contribution is 7.90. The number of nitrogens with zero attached hydrogens (tertiary/aromatic N) is 1. The Kier molecular flexibility index (Phi) is 4.54. The second kappa shape index (κ2) is 5.43. The number of carbonyl (C=O) groups excluding carboxylic acids is 1. The van der Waals surface area contributed by atoms with Gasteiger partial charge in [-0.25, -0.2) is 13.2 Å². The second-order valence-electron chi connectivity index (χ2n) is 4.61. The molecule has 0 saturated carbocycles. The lowest BCUT2D eigenvalue weighted by Crippen LogP contribution is -2.65. The SMILES string of the molecule is COC(=O)C(C)S(=O)(=O)N1CC(C)(OCC(=O)O)C1. The lowest BCUT2D eigenvalue weighted by Gasteiger charge is -2.46. The van der Waals surface area contributed by atoms with Crippen LogP contribution in [-0.2, 0) is 29.1 Å². The molecule has 1 aliphatic heterocycles. The quantitative estimate of drug-likeness (QED) is 0.629. The van der Waals surface area contributed by atoms with Crippen LogP contribution in [0.5, 0.6) is 0 Å². The predicted molar refractivity (Wildman–Crippen MR) is 64.0 cm³/mol. The van der Waals surface area contributed by atoms with Gasteiger partial charge in [0.25, 0.3) is 0 Å². The first kappa shape index (κ1) is 15.9. The van der Waals surface area contributed by atoms with E-state index in [2.05, 4.69) is 4.74 Å². The van der Waals surface area contributed by atoms with Gasteiger partial charge in [-0.05, 0) is 13.8 Å². The molecule has 9 heteroatoms. The van der Waals surface area contributed by atoms with Gasteiger partial charge in [-0.3, -0.25) is 4.79 Å². The molecule has 110 valence electrons. The molecule has 0 bridgehead atoms. The van der Waals surface area contributed by atoms with E-state index in [0.717, 1.165) is 11.4 Å². The van der Waals surface area contributed by atoms with E-state index in [9.17, 15) is 18.0 Å². The van der Waals surface area contributed by atoms with Gasteiger partial charge in [0, 0.05) is 13.1 Å². The van der Waals surface area contributed by atoms with Crippen molar-refractivity contribution in [2.45, 2.75) is 24.7 Å². The average molecular weight is 295 g/mol. The molecule has 19 heavy (non-hydrogen) atoms. The molecule has 1 aliphatic rings. The van der Waals surface area contributed by atoms with Crippen LogP contribution in [0, 0.1) is 0 Å². The second-order valence-corrected chi connectivity index (χ2v) is 6.86. The minimum Gasteiger partial charge on any atom is -0.480 e. The van der Waals surface area contributed by atoms with Gasteiger partial charge in [-0.15, -0.1) is 0 Å². The minimum absolute atomic E-state index is 0.0178. The summed E-state index contributed by atoms with van der Waals surface area (Å²) in [5, 5.41) is 7.21. The van der Waals surface area contributed by atoms with Crippen molar-refractivity contribution in [2.75, 3.05) is 26.8 Å². The van der Waals surface area contributed by atoms with Gasteiger partial charge >= 0.3 is 11.9 Å². The Morgan fingerprint density at radius 1 is 1.42 bits per heavy atom. The third kappa shape index (κ3) is 3.43. The Morgan fingerprint density at radius 3 is 2.37 bits per heavy atom. The third-order valence-electron chi connectivity index (χ3n) is 2.91. The van der Waals surface area contributed by atoms with E-state index in [1.54, 1.807) is 6.92 Å². The molecule has 0 radical (unpaired) electrons. The average Bonchev–Trinajstić information content (AvgIpc) is 2.30. The van der Waals surface area contributed by atoms with E-state index in [1.807, 2.05) is 0 Å². The summed E-state index contributed by atoms with van der Waals surface area (Å²) in [5.41, 5.74) is -0.832. The summed E-state index contributed by atoms with van der Waals surface area (Å²) in [6.07, 6.45) is 0. The zero-order valence-corrected chi connectivity index (χ0v) is 11.8. The molecule has 1 N–H and O–H groups in total. The number of sulfonamides is 1. The topological polar surface area (TPSA) is 110 Å². The van der Waals surface area contributed by atoms with Crippen molar-refractivity contribution in [3.63, 3.8) is 0 Å². The number of carboxylic acid groups (broad SMARTS) is 1. The number of carbonyl (C=O) groups is 2. The fraction of sp³-hybridized carbons (Fsp3) is 0.800. The Hall–Kier alpha value is -1.19. The number of rotatable bonds is 6. The van der Waals surface area contributed by atoms with Crippen LogP contribution in [0.4, 0.5) is 0 Å². The van der Waals surface area contributed by atoms with Gasteiger partial charge in [0.2, 0.25) is 10.0 Å². The van der Waals surface area contributed by atoms with Crippen molar-refractivity contribution in [1.82, 2.24) is 4.31 Å². The zero-order chi connectivity index (χ0) is 14.8. The number of carboxylic acids is 1. The molecule has 1 heterocycles. The fourth-order valence-electron chi connectivity index (χ4n) is 1.72. The van der Waals surface area contributed by atoms with Crippen molar-refractivity contribution in [1.29, 1.82) is 0 Å². The summed E-state index contributed by atoms with van der Waals surface area (Å²) in [4.78, 5) is 21.6. The number of methoxy groups -OCH3 is 1. The third-order valence-corrected chi connectivity index (χ3v) is 4.97.